The molecule has 30 heavy (non-hydrogen) atoms. The molecule has 2 rings (SSSR count). The van der Waals surface area contributed by atoms with E-state index >= 15 is 0 Å². The maximum Gasteiger partial charge on any atom is 0.242 e. The number of hydrogen-bond acceptors (Lipinski definition) is 4. The Kier molecular flexibility index (Phi) is 9.48. The highest BCUT2D eigenvalue weighted by atomic mass is 35.5. The van der Waals surface area contributed by atoms with Crippen LogP contribution in [0.15, 0.2) is 48.5 Å². The third-order valence-electron chi connectivity index (χ3n) is 4.65. The highest BCUT2D eigenvalue weighted by Crippen LogP contribution is 2.17. The molecule has 0 aliphatic heterocycles. The molecule has 2 aromatic rings. The van der Waals surface area contributed by atoms with Crippen molar-refractivity contribution in [2.75, 3.05) is 20.3 Å². The van der Waals surface area contributed by atoms with Crippen molar-refractivity contribution in [3.8, 4) is 11.5 Å². The van der Waals surface area contributed by atoms with Gasteiger partial charge in [0.25, 0.3) is 0 Å². The van der Waals surface area contributed by atoms with Gasteiger partial charge in [0.1, 0.15) is 17.5 Å². The van der Waals surface area contributed by atoms with Crippen LogP contribution in [-0.4, -0.2) is 43.0 Å². The number of carbonyl (C=O) groups excluding carboxylic acids is 2. The first-order chi connectivity index (χ1) is 14.4. The van der Waals surface area contributed by atoms with E-state index in [0.29, 0.717) is 36.9 Å². The zero-order valence-electron chi connectivity index (χ0n) is 17.7. The molecule has 0 heterocycles. The second kappa shape index (κ2) is 12.1. The van der Waals surface area contributed by atoms with Crippen LogP contribution in [-0.2, 0) is 16.1 Å². The van der Waals surface area contributed by atoms with Crippen LogP contribution in [0, 0.1) is 0 Å². The predicted octanol–water partition coefficient (Wildman–Crippen LogP) is 4.06. The molecule has 0 bridgehead atoms. The highest BCUT2D eigenvalue weighted by molar-refractivity contribution is 6.30. The summed E-state index contributed by atoms with van der Waals surface area (Å²) >= 11 is 5.87. The molecule has 0 spiro atoms. The van der Waals surface area contributed by atoms with Crippen molar-refractivity contribution in [1.29, 1.82) is 0 Å². The molecule has 0 fully saturated rings. The van der Waals surface area contributed by atoms with Crippen LogP contribution >= 0.6 is 11.6 Å². The number of nitrogens with zero attached hydrogens (tertiary/aromatic N) is 1. The number of rotatable bonds is 11. The first-order valence-electron chi connectivity index (χ1n) is 10.0. The van der Waals surface area contributed by atoms with Crippen molar-refractivity contribution in [3.05, 3.63) is 59.1 Å². The van der Waals surface area contributed by atoms with Crippen LogP contribution in [0.1, 0.15) is 32.3 Å². The summed E-state index contributed by atoms with van der Waals surface area (Å²) in [6.45, 7) is 4.87. The van der Waals surface area contributed by atoms with Gasteiger partial charge in [0, 0.05) is 24.5 Å². The van der Waals surface area contributed by atoms with E-state index in [9.17, 15) is 9.59 Å². The van der Waals surface area contributed by atoms with Crippen LogP contribution in [0.3, 0.4) is 0 Å². The van der Waals surface area contributed by atoms with E-state index in [-0.39, 0.29) is 18.2 Å². The summed E-state index contributed by atoms with van der Waals surface area (Å²) < 4.78 is 10.8. The van der Waals surface area contributed by atoms with Crippen molar-refractivity contribution in [2.45, 2.75) is 39.3 Å². The maximum atomic E-state index is 12.9. The Morgan fingerprint density at radius 2 is 1.70 bits per heavy atom. The minimum absolute atomic E-state index is 0.0933. The Balaban J connectivity index is 1.97. The molecule has 1 atom stereocenters. The molecule has 0 aliphatic carbocycles. The van der Waals surface area contributed by atoms with Crippen molar-refractivity contribution in [2.24, 2.45) is 0 Å². The van der Waals surface area contributed by atoms with Gasteiger partial charge < -0.3 is 19.7 Å². The quantitative estimate of drug-likeness (QED) is 0.544. The molecule has 1 N–H and O–H groups in total. The second-order valence-electron chi connectivity index (χ2n) is 6.85. The summed E-state index contributed by atoms with van der Waals surface area (Å²) in [5.74, 6) is 1.19. The zero-order valence-corrected chi connectivity index (χ0v) is 18.4. The summed E-state index contributed by atoms with van der Waals surface area (Å²) in [7, 11) is 1.61. The number of halogens is 1. The van der Waals surface area contributed by atoms with Gasteiger partial charge in [-0.1, -0.05) is 23.7 Å². The predicted molar refractivity (Wildman–Crippen MR) is 118 cm³/mol. The van der Waals surface area contributed by atoms with Crippen molar-refractivity contribution < 1.29 is 19.1 Å². The number of benzene rings is 2. The van der Waals surface area contributed by atoms with Gasteiger partial charge in [-0.2, -0.15) is 0 Å². The van der Waals surface area contributed by atoms with Gasteiger partial charge in [0.2, 0.25) is 11.8 Å². The Hall–Kier alpha value is -2.73. The Morgan fingerprint density at radius 1 is 1.07 bits per heavy atom. The van der Waals surface area contributed by atoms with Crippen molar-refractivity contribution in [1.82, 2.24) is 10.2 Å². The second-order valence-corrected chi connectivity index (χ2v) is 7.28. The number of hydrogen-bond donors (Lipinski definition) is 1. The van der Waals surface area contributed by atoms with Gasteiger partial charge in [-0.25, -0.2) is 0 Å². The maximum absolute atomic E-state index is 12.9. The number of nitrogens with one attached hydrogen (secondary N) is 1. The fourth-order valence-electron chi connectivity index (χ4n) is 2.92. The molecule has 162 valence electrons. The average Bonchev–Trinajstić information content (AvgIpc) is 2.76. The summed E-state index contributed by atoms with van der Waals surface area (Å²) in [6.07, 6.45) is 0.830. The van der Waals surface area contributed by atoms with E-state index in [1.54, 1.807) is 43.2 Å². The van der Waals surface area contributed by atoms with Crippen LogP contribution in [0.25, 0.3) is 0 Å². The minimum Gasteiger partial charge on any atom is -0.497 e. The molecule has 0 saturated heterocycles. The molecule has 0 aliphatic rings. The molecule has 0 radical (unpaired) electrons. The SMILES string of the molecule is CCNC(=O)[C@H](C)N(Cc1ccc(OC)cc1)C(=O)CCCOc1ccc(Cl)cc1. The van der Waals surface area contributed by atoms with Gasteiger partial charge >= 0.3 is 0 Å². The Labute approximate surface area is 183 Å². The van der Waals surface area contributed by atoms with Gasteiger partial charge in [-0.3, -0.25) is 9.59 Å². The summed E-state index contributed by atoms with van der Waals surface area (Å²) in [4.78, 5) is 26.9. The van der Waals surface area contributed by atoms with Gasteiger partial charge in [0.05, 0.1) is 13.7 Å². The smallest absolute Gasteiger partial charge is 0.242 e. The van der Waals surface area contributed by atoms with E-state index < -0.39 is 6.04 Å². The van der Waals surface area contributed by atoms with Crippen molar-refractivity contribution in [3.63, 3.8) is 0 Å². The van der Waals surface area contributed by atoms with Crippen molar-refractivity contribution >= 4 is 23.4 Å². The molecule has 0 aromatic heterocycles. The van der Waals surface area contributed by atoms with Gasteiger partial charge in [-0.05, 0) is 62.2 Å². The number of methoxy groups -OCH3 is 1. The molecule has 2 amide bonds. The third kappa shape index (κ3) is 7.26. The Morgan fingerprint density at radius 3 is 2.30 bits per heavy atom. The van der Waals surface area contributed by atoms with Gasteiger partial charge in [-0.15, -0.1) is 0 Å². The monoisotopic (exact) mass is 432 g/mol. The lowest BCUT2D eigenvalue weighted by atomic mass is 10.1. The lowest BCUT2D eigenvalue weighted by Crippen LogP contribution is -2.47. The summed E-state index contributed by atoms with van der Waals surface area (Å²) in [5.41, 5.74) is 0.928. The standard InChI is InChI=1S/C23H29ClN2O4/c1-4-25-23(28)17(2)26(16-18-7-11-20(29-3)12-8-18)22(27)6-5-15-30-21-13-9-19(24)10-14-21/h7-14,17H,4-6,15-16H2,1-3H3,(H,25,28)/t17-/m0/s1. The van der Waals surface area contributed by atoms with Crippen LogP contribution in [0.2, 0.25) is 5.02 Å². The van der Waals surface area contributed by atoms with E-state index in [1.807, 2.05) is 31.2 Å². The molecular formula is C23H29ClN2O4. The fourth-order valence-corrected chi connectivity index (χ4v) is 3.05. The molecule has 7 heteroatoms. The summed E-state index contributed by atoms with van der Waals surface area (Å²) in [6, 6.07) is 14.0. The number of likely N-dealkylation sites (N-methyl/N-ethyl adjacent to an activating group) is 1. The largest absolute Gasteiger partial charge is 0.497 e. The molecule has 0 unspecified atom stereocenters. The van der Waals surface area contributed by atoms with Crippen LogP contribution in [0.5, 0.6) is 11.5 Å². The Bertz CT molecular complexity index is 809. The molecule has 0 saturated carbocycles. The molecule has 6 nitrogen and oxygen atoms in total. The van der Waals surface area contributed by atoms with Crippen LogP contribution in [0.4, 0.5) is 0 Å². The number of ether oxygens (including phenoxy) is 2. The van der Waals surface area contributed by atoms with Crippen LogP contribution < -0.4 is 14.8 Å². The number of amides is 2. The lowest BCUT2D eigenvalue weighted by molar-refractivity contribution is -0.140. The fraction of sp³-hybridized carbons (Fsp3) is 0.391. The first kappa shape index (κ1) is 23.5. The highest BCUT2D eigenvalue weighted by Gasteiger charge is 2.25. The molecular weight excluding hydrogens is 404 g/mol. The van der Waals surface area contributed by atoms with E-state index in [2.05, 4.69) is 5.32 Å². The minimum atomic E-state index is -0.572. The summed E-state index contributed by atoms with van der Waals surface area (Å²) in [5, 5.41) is 3.43. The normalized spacial score (nSPS) is 11.5. The topological polar surface area (TPSA) is 67.9 Å². The van der Waals surface area contributed by atoms with E-state index in [4.69, 9.17) is 21.1 Å². The lowest BCUT2D eigenvalue weighted by Gasteiger charge is -2.29. The van der Waals surface area contributed by atoms with E-state index in [1.165, 1.54) is 0 Å². The first-order valence-corrected chi connectivity index (χ1v) is 10.4. The third-order valence-corrected chi connectivity index (χ3v) is 4.90. The number of carbonyl (C=O) groups is 2. The van der Waals surface area contributed by atoms with Gasteiger partial charge in [0.15, 0.2) is 0 Å². The average molecular weight is 433 g/mol. The molecule has 2 aromatic carbocycles. The van der Waals surface area contributed by atoms with E-state index in [0.717, 1.165) is 11.3 Å². The zero-order chi connectivity index (χ0) is 21.9.